The van der Waals surface area contributed by atoms with Gasteiger partial charge in [0, 0.05) is 6.61 Å². The molecule has 0 amide bonds. The molecule has 1 atom stereocenters. The molecule has 114 valence electrons. The van der Waals surface area contributed by atoms with Gasteiger partial charge < -0.3 is 14.6 Å². The fraction of sp³-hybridized carbons (Fsp3) is 0.429. The van der Waals surface area contributed by atoms with Crippen molar-refractivity contribution in [2.75, 3.05) is 11.9 Å². The number of ether oxygens (including phenoxy) is 1. The minimum Gasteiger partial charge on any atom is -0.368 e. The fourth-order valence-electron chi connectivity index (χ4n) is 2.50. The van der Waals surface area contributed by atoms with E-state index in [9.17, 15) is 0 Å². The number of aryl methyl sites for hydroxylation is 1. The van der Waals surface area contributed by atoms with Gasteiger partial charge >= 0.3 is 0 Å². The van der Waals surface area contributed by atoms with Crippen LogP contribution in [0.1, 0.15) is 36.5 Å². The smallest absolute Gasteiger partial charge is 0.255 e. The van der Waals surface area contributed by atoms with Crippen LogP contribution in [0.15, 0.2) is 16.0 Å². The monoisotopic (exact) mass is 317 g/mol. The first-order valence-corrected chi connectivity index (χ1v) is 8.07. The minimum atomic E-state index is -0.0495. The van der Waals surface area contributed by atoms with E-state index in [1.54, 1.807) is 11.3 Å². The third-order valence-electron chi connectivity index (χ3n) is 3.52. The standard InChI is InChI=1S/C14H15N5O2S/c1-8-16-9-4-6-22-12(9)13(17-8)15-7-11-18-14(21-19-11)10-3-2-5-20-10/h4,6,10H,2-3,5,7H2,1H3,(H,15,16,17)/t10-/m0/s1. The van der Waals surface area contributed by atoms with Gasteiger partial charge in [0.25, 0.3) is 5.89 Å². The zero-order chi connectivity index (χ0) is 14.9. The van der Waals surface area contributed by atoms with Gasteiger partial charge in [0.05, 0.1) is 16.8 Å². The molecule has 1 saturated heterocycles. The number of thiophene rings is 1. The van der Waals surface area contributed by atoms with Crippen LogP contribution in [0.2, 0.25) is 0 Å². The number of nitrogens with one attached hydrogen (secondary N) is 1. The topological polar surface area (TPSA) is 86.0 Å². The predicted molar refractivity (Wildman–Crippen MR) is 81.7 cm³/mol. The van der Waals surface area contributed by atoms with Crippen LogP contribution in [-0.4, -0.2) is 26.7 Å². The van der Waals surface area contributed by atoms with E-state index < -0.39 is 0 Å². The fourth-order valence-corrected chi connectivity index (χ4v) is 3.30. The highest BCUT2D eigenvalue weighted by atomic mass is 32.1. The van der Waals surface area contributed by atoms with Crippen molar-refractivity contribution in [1.29, 1.82) is 0 Å². The maximum Gasteiger partial charge on any atom is 0.255 e. The summed E-state index contributed by atoms with van der Waals surface area (Å²) in [5.41, 5.74) is 0.952. The van der Waals surface area contributed by atoms with E-state index in [-0.39, 0.29) is 6.10 Å². The summed E-state index contributed by atoms with van der Waals surface area (Å²) in [6, 6.07) is 1.99. The number of anilines is 1. The molecule has 0 bridgehead atoms. The maximum atomic E-state index is 5.54. The van der Waals surface area contributed by atoms with E-state index in [4.69, 9.17) is 9.26 Å². The number of rotatable bonds is 4. The van der Waals surface area contributed by atoms with E-state index in [1.165, 1.54) is 0 Å². The maximum absolute atomic E-state index is 5.54. The number of nitrogens with zero attached hydrogens (tertiary/aromatic N) is 4. The van der Waals surface area contributed by atoms with Gasteiger partial charge in [-0.15, -0.1) is 11.3 Å². The van der Waals surface area contributed by atoms with Crippen molar-refractivity contribution in [2.24, 2.45) is 0 Å². The Labute approximate surface area is 130 Å². The molecule has 0 spiro atoms. The van der Waals surface area contributed by atoms with Crippen molar-refractivity contribution < 1.29 is 9.26 Å². The summed E-state index contributed by atoms with van der Waals surface area (Å²) in [4.78, 5) is 13.2. The van der Waals surface area contributed by atoms with Gasteiger partial charge in [-0.05, 0) is 31.2 Å². The molecule has 0 saturated carbocycles. The lowest BCUT2D eigenvalue weighted by Crippen LogP contribution is -2.05. The molecule has 8 heteroatoms. The average Bonchev–Trinajstić information content (AvgIpc) is 3.24. The third kappa shape index (κ3) is 2.55. The summed E-state index contributed by atoms with van der Waals surface area (Å²) in [6.07, 6.45) is 1.93. The van der Waals surface area contributed by atoms with Crippen LogP contribution in [0.3, 0.4) is 0 Å². The van der Waals surface area contributed by atoms with Crippen LogP contribution >= 0.6 is 11.3 Å². The van der Waals surface area contributed by atoms with E-state index in [0.717, 1.165) is 41.3 Å². The van der Waals surface area contributed by atoms with Crippen LogP contribution in [-0.2, 0) is 11.3 Å². The van der Waals surface area contributed by atoms with Crippen molar-refractivity contribution in [2.45, 2.75) is 32.4 Å². The zero-order valence-corrected chi connectivity index (χ0v) is 12.9. The molecule has 1 fully saturated rings. The van der Waals surface area contributed by atoms with Crippen LogP contribution in [0.4, 0.5) is 5.82 Å². The summed E-state index contributed by atoms with van der Waals surface area (Å²) in [5, 5.41) is 9.27. The predicted octanol–water partition coefficient (Wildman–Crippen LogP) is 2.85. The van der Waals surface area contributed by atoms with Crippen molar-refractivity contribution in [3.8, 4) is 0 Å². The lowest BCUT2D eigenvalue weighted by molar-refractivity contribution is 0.0835. The first-order chi connectivity index (χ1) is 10.8. The quantitative estimate of drug-likeness (QED) is 0.791. The molecular weight excluding hydrogens is 302 g/mol. The Morgan fingerprint density at radius 3 is 3.18 bits per heavy atom. The lowest BCUT2D eigenvalue weighted by Gasteiger charge is -2.05. The Morgan fingerprint density at radius 1 is 1.36 bits per heavy atom. The summed E-state index contributed by atoms with van der Waals surface area (Å²) >= 11 is 1.61. The number of hydrogen-bond acceptors (Lipinski definition) is 8. The highest BCUT2D eigenvalue weighted by Gasteiger charge is 2.23. The highest BCUT2D eigenvalue weighted by Crippen LogP contribution is 2.28. The summed E-state index contributed by atoms with van der Waals surface area (Å²) in [6.45, 7) is 3.10. The zero-order valence-electron chi connectivity index (χ0n) is 12.1. The van der Waals surface area contributed by atoms with Gasteiger partial charge in [0.2, 0.25) is 0 Å². The molecule has 4 heterocycles. The highest BCUT2D eigenvalue weighted by molar-refractivity contribution is 7.17. The Balaban J connectivity index is 1.50. The Kier molecular flexibility index (Phi) is 3.47. The first-order valence-electron chi connectivity index (χ1n) is 7.19. The average molecular weight is 317 g/mol. The molecule has 7 nitrogen and oxygen atoms in total. The first kappa shape index (κ1) is 13.6. The van der Waals surface area contributed by atoms with Crippen LogP contribution < -0.4 is 5.32 Å². The second-order valence-corrected chi connectivity index (χ2v) is 6.07. The van der Waals surface area contributed by atoms with Crippen LogP contribution in [0, 0.1) is 6.92 Å². The molecule has 1 aliphatic rings. The lowest BCUT2D eigenvalue weighted by atomic mass is 10.2. The van der Waals surface area contributed by atoms with Gasteiger partial charge in [-0.3, -0.25) is 0 Å². The second-order valence-electron chi connectivity index (χ2n) is 5.16. The van der Waals surface area contributed by atoms with E-state index >= 15 is 0 Å². The SMILES string of the molecule is Cc1nc(NCc2noc([C@@H]3CCCO3)n2)c2sccc2n1. The molecule has 0 aliphatic carbocycles. The molecule has 0 radical (unpaired) electrons. The normalized spacial score (nSPS) is 18.1. The van der Waals surface area contributed by atoms with E-state index in [1.807, 2.05) is 18.4 Å². The molecule has 1 aliphatic heterocycles. The molecule has 0 aromatic carbocycles. The van der Waals surface area contributed by atoms with Gasteiger partial charge in [-0.1, -0.05) is 5.16 Å². The van der Waals surface area contributed by atoms with Crippen molar-refractivity contribution in [1.82, 2.24) is 20.1 Å². The Morgan fingerprint density at radius 2 is 2.32 bits per heavy atom. The van der Waals surface area contributed by atoms with E-state index in [2.05, 4.69) is 25.4 Å². The Bertz CT molecular complexity index is 793. The molecule has 3 aromatic heterocycles. The second kappa shape index (κ2) is 5.62. The minimum absolute atomic E-state index is 0.0495. The van der Waals surface area contributed by atoms with Crippen molar-refractivity contribution in [3.05, 3.63) is 29.0 Å². The van der Waals surface area contributed by atoms with Gasteiger partial charge in [-0.2, -0.15) is 4.98 Å². The van der Waals surface area contributed by atoms with E-state index in [0.29, 0.717) is 18.3 Å². The molecule has 22 heavy (non-hydrogen) atoms. The summed E-state index contributed by atoms with van der Waals surface area (Å²) in [5.74, 6) is 2.71. The van der Waals surface area contributed by atoms with Crippen LogP contribution in [0.5, 0.6) is 0 Å². The molecule has 1 N–H and O–H groups in total. The van der Waals surface area contributed by atoms with Crippen LogP contribution in [0.25, 0.3) is 10.2 Å². The molecule has 0 unspecified atom stereocenters. The van der Waals surface area contributed by atoms with Gasteiger partial charge in [-0.25, -0.2) is 9.97 Å². The largest absolute Gasteiger partial charge is 0.368 e. The summed E-state index contributed by atoms with van der Waals surface area (Å²) in [7, 11) is 0. The Hall–Kier alpha value is -2.06. The van der Waals surface area contributed by atoms with Gasteiger partial charge in [0.1, 0.15) is 17.7 Å². The number of aromatic nitrogens is 4. The molecule has 3 aromatic rings. The van der Waals surface area contributed by atoms with Crippen molar-refractivity contribution in [3.63, 3.8) is 0 Å². The number of hydrogen-bond donors (Lipinski definition) is 1. The molecular formula is C14H15N5O2S. The number of fused-ring (bicyclic) bond motifs is 1. The molecule has 4 rings (SSSR count). The summed E-state index contributed by atoms with van der Waals surface area (Å²) < 4.78 is 11.9. The van der Waals surface area contributed by atoms with Gasteiger partial charge in [0.15, 0.2) is 5.82 Å². The third-order valence-corrected chi connectivity index (χ3v) is 4.43. The van der Waals surface area contributed by atoms with Crippen molar-refractivity contribution >= 4 is 27.4 Å².